The van der Waals surface area contributed by atoms with Gasteiger partial charge in [0.2, 0.25) is 6.41 Å². The summed E-state index contributed by atoms with van der Waals surface area (Å²) in [6.45, 7) is 2.12. The molecule has 3 heteroatoms. The van der Waals surface area contributed by atoms with Gasteiger partial charge in [0.15, 0.2) is 0 Å². The van der Waals surface area contributed by atoms with E-state index in [0.717, 1.165) is 41.9 Å². The fourth-order valence-electron chi connectivity index (χ4n) is 3.05. The SMILES string of the molecule is CCCC1(NC=O)c2ccccc2Oc2ccccc21. The number of carbonyl (C=O) groups excluding carboxylic acids is 1. The maximum absolute atomic E-state index is 11.2. The minimum atomic E-state index is -0.498. The summed E-state index contributed by atoms with van der Waals surface area (Å²) in [4.78, 5) is 11.2. The second-order valence-corrected chi connectivity index (χ2v) is 5.01. The molecule has 0 fully saturated rings. The fourth-order valence-corrected chi connectivity index (χ4v) is 3.05. The lowest BCUT2D eigenvalue weighted by molar-refractivity contribution is -0.111. The molecule has 0 saturated heterocycles. The Morgan fingerprint density at radius 3 is 2.10 bits per heavy atom. The van der Waals surface area contributed by atoms with Gasteiger partial charge < -0.3 is 10.1 Å². The number of ether oxygens (including phenoxy) is 1. The molecule has 1 amide bonds. The normalized spacial score (nSPS) is 14.7. The fraction of sp³-hybridized carbons (Fsp3) is 0.235. The van der Waals surface area contributed by atoms with Crippen molar-refractivity contribution >= 4 is 6.41 Å². The summed E-state index contributed by atoms with van der Waals surface area (Å²) >= 11 is 0. The molecule has 0 aliphatic carbocycles. The summed E-state index contributed by atoms with van der Waals surface area (Å²) in [5, 5.41) is 3.05. The van der Waals surface area contributed by atoms with Crippen LogP contribution in [0.3, 0.4) is 0 Å². The molecule has 1 N–H and O–H groups in total. The molecule has 102 valence electrons. The molecule has 1 aliphatic heterocycles. The first-order valence-electron chi connectivity index (χ1n) is 6.90. The van der Waals surface area contributed by atoms with E-state index < -0.39 is 5.54 Å². The highest BCUT2D eigenvalue weighted by Gasteiger charge is 2.40. The Balaban J connectivity index is 2.27. The second kappa shape index (κ2) is 5.00. The van der Waals surface area contributed by atoms with Crippen molar-refractivity contribution in [2.24, 2.45) is 0 Å². The lowest BCUT2D eigenvalue weighted by Crippen LogP contribution is -2.44. The zero-order valence-electron chi connectivity index (χ0n) is 11.4. The van der Waals surface area contributed by atoms with Gasteiger partial charge in [0, 0.05) is 11.1 Å². The first-order chi connectivity index (χ1) is 9.81. The molecular formula is C17H17NO2. The van der Waals surface area contributed by atoms with Crippen LogP contribution in [0.2, 0.25) is 0 Å². The zero-order chi connectivity index (χ0) is 14.0. The predicted molar refractivity (Wildman–Crippen MR) is 77.8 cm³/mol. The monoisotopic (exact) mass is 267 g/mol. The van der Waals surface area contributed by atoms with Gasteiger partial charge in [-0.25, -0.2) is 0 Å². The number of nitrogens with one attached hydrogen (secondary N) is 1. The van der Waals surface area contributed by atoms with Gasteiger partial charge in [-0.1, -0.05) is 49.7 Å². The van der Waals surface area contributed by atoms with Gasteiger partial charge in [0.1, 0.15) is 11.5 Å². The summed E-state index contributed by atoms with van der Waals surface area (Å²) < 4.78 is 5.97. The van der Waals surface area contributed by atoms with Gasteiger partial charge in [0.25, 0.3) is 0 Å². The maximum Gasteiger partial charge on any atom is 0.208 e. The van der Waals surface area contributed by atoms with Crippen LogP contribution < -0.4 is 10.1 Å². The molecule has 0 unspecified atom stereocenters. The topological polar surface area (TPSA) is 38.3 Å². The number of hydrogen-bond acceptors (Lipinski definition) is 2. The van der Waals surface area contributed by atoms with E-state index in [9.17, 15) is 4.79 Å². The number of benzene rings is 2. The van der Waals surface area contributed by atoms with Crippen LogP contribution in [0.15, 0.2) is 48.5 Å². The Hall–Kier alpha value is -2.29. The summed E-state index contributed by atoms with van der Waals surface area (Å²) in [7, 11) is 0. The van der Waals surface area contributed by atoms with E-state index >= 15 is 0 Å². The highest BCUT2D eigenvalue weighted by Crippen LogP contribution is 2.48. The number of para-hydroxylation sites is 2. The quantitative estimate of drug-likeness (QED) is 0.860. The van der Waals surface area contributed by atoms with Gasteiger partial charge >= 0.3 is 0 Å². The van der Waals surface area contributed by atoms with Crippen LogP contribution in [-0.2, 0) is 10.3 Å². The molecule has 3 nitrogen and oxygen atoms in total. The van der Waals surface area contributed by atoms with E-state index in [1.165, 1.54) is 0 Å². The minimum absolute atomic E-state index is 0.498. The molecule has 3 rings (SSSR count). The van der Waals surface area contributed by atoms with Crippen LogP contribution in [0.1, 0.15) is 30.9 Å². The molecule has 0 spiro atoms. The number of hydrogen-bond donors (Lipinski definition) is 1. The molecule has 1 aliphatic rings. The number of carbonyl (C=O) groups is 1. The van der Waals surface area contributed by atoms with Crippen LogP contribution in [-0.4, -0.2) is 6.41 Å². The van der Waals surface area contributed by atoms with Crippen molar-refractivity contribution in [3.63, 3.8) is 0 Å². The van der Waals surface area contributed by atoms with Crippen molar-refractivity contribution in [1.29, 1.82) is 0 Å². The zero-order valence-corrected chi connectivity index (χ0v) is 11.4. The summed E-state index contributed by atoms with van der Waals surface area (Å²) in [6.07, 6.45) is 2.58. The Bertz CT molecular complexity index is 591. The molecule has 0 saturated carbocycles. The third-order valence-corrected chi connectivity index (χ3v) is 3.84. The molecule has 1 heterocycles. The van der Waals surface area contributed by atoms with Gasteiger partial charge in [-0.15, -0.1) is 0 Å². The van der Waals surface area contributed by atoms with Crippen molar-refractivity contribution < 1.29 is 9.53 Å². The van der Waals surface area contributed by atoms with Gasteiger partial charge in [-0.3, -0.25) is 4.79 Å². The van der Waals surface area contributed by atoms with E-state index in [4.69, 9.17) is 4.74 Å². The van der Waals surface area contributed by atoms with E-state index in [1.807, 2.05) is 48.5 Å². The maximum atomic E-state index is 11.2. The Morgan fingerprint density at radius 2 is 1.60 bits per heavy atom. The van der Waals surface area contributed by atoms with Gasteiger partial charge in [0.05, 0.1) is 5.54 Å². The molecule has 20 heavy (non-hydrogen) atoms. The van der Waals surface area contributed by atoms with Gasteiger partial charge in [-0.2, -0.15) is 0 Å². The second-order valence-electron chi connectivity index (χ2n) is 5.01. The minimum Gasteiger partial charge on any atom is -0.457 e. The van der Waals surface area contributed by atoms with Crippen LogP contribution in [0, 0.1) is 0 Å². The summed E-state index contributed by atoms with van der Waals surface area (Å²) in [5.41, 5.74) is 1.54. The van der Waals surface area contributed by atoms with Crippen LogP contribution >= 0.6 is 0 Å². The van der Waals surface area contributed by atoms with E-state index in [1.54, 1.807) is 0 Å². The molecule has 0 radical (unpaired) electrons. The third-order valence-electron chi connectivity index (χ3n) is 3.84. The highest BCUT2D eigenvalue weighted by molar-refractivity contribution is 5.62. The smallest absolute Gasteiger partial charge is 0.208 e. The highest BCUT2D eigenvalue weighted by atomic mass is 16.5. The molecule has 0 bridgehead atoms. The standard InChI is InChI=1S/C17H17NO2/c1-2-11-17(18-12-19)13-7-3-5-9-15(13)20-16-10-6-4-8-14(16)17/h3-10,12H,2,11H2,1H3,(H,18,19). The van der Waals surface area contributed by atoms with Crippen LogP contribution in [0.4, 0.5) is 0 Å². The van der Waals surface area contributed by atoms with Crippen molar-refractivity contribution in [3.05, 3.63) is 59.7 Å². The molecule has 0 aromatic heterocycles. The van der Waals surface area contributed by atoms with E-state index in [2.05, 4.69) is 12.2 Å². The number of amides is 1. The number of fused-ring (bicyclic) bond motifs is 2. The lowest BCUT2D eigenvalue weighted by Gasteiger charge is -2.39. The summed E-state index contributed by atoms with van der Waals surface area (Å²) in [5.74, 6) is 1.63. The molecule has 0 atom stereocenters. The largest absolute Gasteiger partial charge is 0.457 e. The Morgan fingerprint density at radius 1 is 1.05 bits per heavy atom. The average Bonchev–Trinajstić information content (AvgIpc) is 2.48. The van der Waals surface area contributed by atoms with Crippen molar-refractivity contribution in [2.45, 2.75) is 25.3 Å². The van der Waals surface area contributed by atoms with Crippen LogP contribution in [0.5, 0.6) is 11.5 Å². The van der Waals surface area contributed by atoms with E-state index in [-0.39, 0.29) is 0 Å². The van der Waals surface area contributed by atoms with Crippen molar-refractivity contribution in [1.82, 2.24) is 5.32 Å². The van der Waals surface area contributed by atoms with Gasteiger partial charge in [-0.05, 0) is 18.6 Å². The first kappa shape index (κ1) is 12.7. The molecule has 2 aromatic rings. The van der Waals surface area contributed by atoms with Crippen molar-refractivity contribution in [3.8, 4) is 11.5 Å². The predicted octanol–water partition coefficient (Wildman–Crippen LogP) is 3.58. The Labute approximate surface area is 118 Å². The first-order valence-corrected chi connectivity index (χ1v) is 6.90. The Kier molecular flexibility index (Phi) is 3.18. The third kappa shape index (κ3) is 1.78. The average molecular weight is 267 g/mol. The number of rotatable bonds is 4. The molecule has 2 aromatic carbocycles. The molecular weight excluding hydrogens is 250 g/mol. The van der Waals surface area contributed by atoms with Crippen molar-refractivity contribution in [2.75, 3.05) is 0 Å². The lowest BCUT2D eigenvalue weighted by atomic mass is 9.77. The van der Waals surface area contributed by atoms with Crippen LogP contribution in [0.25, 0.3) is 0 Å². The summed E-state index contributed by atoms with van der Waals surface area (Å²) in [6, 6.07) is 15.8. The van der Waals surface area contributed by atoms with E-state index in [0.29, 0.717) is 0 Å².